The summed E-state index contributed by atoms with van der Waals surface area (Å²) in [6, 6.07) is 12.8. The van der Waals surface area contributed by atoms with E-state index < -0.39 is 0 Å². The van der Waals surface area contributed by atoms with Crippen LogP contribution in [0.15, 0.2) is 61.4 Å². The lowest BCUT2D eigenvalue weighted by molar-refractivity contribution is -0.127. The first-order valence-corrected chi connectivity index (χ1v) is 9.34. The number of likely N-dealkylation sites (tertiary alicyclic amines) is 1. The van der Waals surface area contributed by atoms with E-state index in [1.54, 1.807) is 0 Å². The summed E-state index contributed by atoms with van der Waals surface area (Å²) >= 11 is 0. The maximum Gasteiger partial charge on any atom is 0.246 e. The standard InChI is InChI=1S/C22H24N4O/c1-3-21(27)26-11-7-10-17(15-26)25(2)18-12-19-20(14-24-22(19)23-13-18)16-8-5-4-6-9-16/h3-6,8-9,12-14,17H,1,7,10-11,15H2,2H3,(H,23,24)/t17-/m1/s1. The summed E-state index contributed by atoms with van der Waals surface area (Å²) in [5.74, 6) is 0.0127. The Balaban J connectivity index is 1.63. The fourth-order valence-electron chi connectivity index (χ4n) is 3.85. The Kier molecular flexibility index (Phi) is 4.67. The number of H-pyrrole nitrogens is 1. The molecule has 1 saturated heterocycles. The smallest absolute Gasteiger partial charge is 0.246 e. The van der Waals surface area contributed by atoms with Crippen molar-refractivity contribution < 1.29 is 4.79 Å². The molecule has 4 rings (SSSR count). The Morgan fingerprint density at radius 3 is 2.96 bits per heavy atom. The van der Waals surface area contributed by atoms with Gasteiger partial charge in [0.05, 0.1) is 11.9 Å². The van der Waals surface area contributed by atoms with Crippen molar-refractivity contribution in [3.63, 3.8) is 0 Å². The molecule has 1 aliphatic heterocycles. The molecule has 0 saturated carbocycles. The number of hydrogen-bond donors (Lipinski definition) is 1. The van der Waals surface area contributed by atoms with E-state index in [2.05, 4.69) is 46.7 Å². The number of aromatic amines is 1. The van der Waals surface area contributed by atoms with E-state index in [0.29, 0.717) is 0 Å². The number of rotatable bonds is 4. The molecule has 3 heterocycles. The van der Waals surface area contributed by atoms with Gasteiger partial charge in [-0.2, -0.15) is 0 Å². The second-order valence-corrected chi connectivity index (χ2v) is 7.05. The van der Waals surface area contributed by atoms with Gasteiger partial charge in [0.15, 0.2) is 0 Å². The van der Waals surface area contributed by atoms with Crippen LogP contribution in [0.25, 0.3) is 22.2 Å². The molecule has 1 amide bonds. The molecular formula is C22H24N4O. The van der Waals surface area contributed by atoms with E-state index in [1.807, 2.05) is 35.5 Å². The average molecular weight is 360 g/mol. The molecule has 1 fully saturated rings. The highest BCUT2D eigenvalue weighted by Gasteiger charge is 2.25. The van der Waals surface area contributed by atoms with Crippen LogP contribution in [0, 0.1) is 0 Å². The zero-order chi connectivity index (χ0) is 18.8. The van der Waals surface area contributed by atoms with Gasteiger partial charge < -0.3 is 14.8 Å². The number of nitrogens with zero attached hydrogens (tertiary/aromatic N) is 3. The number of anilines is 1. The zero-order valence-corrected chi connectivity index (χ0v) is 15.6. The van der Waals surface area contributed by atoms with Crippen LogP contribution in [0.5, 0.6) is 0 Å². The van der Waals surface area contributed by atoms with Crippen molar-refractivity contribution >= 4 is 22.6 Å². The molecule has 0 unspecified atom stereocenters. The van der Waals surface area contributed by atoms with Crippen molar-refractivity contribution in [1.82, 2.24) is 14.9 Å². The van der Waals surface area contributed by atoms with Gasteiger partial charge in [0, 0.05) is 43.3 Å². The van der Waals surface area contributed by atoms with Crippen LogP contribution < -0.4 is 4.90 Å². The van der Waals surface area contributed by atoms with Crippen LogP contribution in [-0.2, 0) is 4.79 Å². The lowest BCUT2D eigenvalue weighted by Crippen LogP contribution is -2.48. The summed E-state index contributed by atoms with van der Waals surface area (Å²) < 4.78 is 0. The van der Waals surface area contributed by atoms with Crippen LogP contribution in [-0.4, -0.2) is 47.0 Å². The van der Waals surface area contributed by atoms with Gasteiger partial charge >= 0.3 is 0 Å². The maximum atomic E-state index is 12.0. The highest BCUT2D eigenvalue weighted by Crippen LogP contribution is 2.31. The molecule has 0 radical (unpaired) electrons. The maximum absolute atomic E-state index is 12.0. The molecular weight excluding hydrogens is 336 g/mol. The molecule has 0 aliphatic carbocycles. The van der Waals surface area contributed by atoms with E-state index >= 15 is 0 Å². The number of benzene rings is 1. The second-order valence-electron chi connectivity index (χ2n) is 7.05. The highest BCUT2D eigenvalue weighted by molar-refractivity contribution is 5.95. The van der Waals surface area contributed by atoms with Crippen LogP contribution in [0.1, 0.15) is 12.8 Å². The molecule has 1 aliphatic rings. The summed E-state index contributed by atoms with van der Waals surface area (Å²) in [6.07, 6.45) is 7.39. The predicted molar refractivity (Wildman–Crippen MR) is 110 cm³/mol. The van der Waals surface area contributed by atoms with Gasteiger partial charge in [0.25, 0.3) is 0 Å². The zero-order valence-electron chi connectivity index (χ0n) is 15.6. The minimum absolute atomic E-state index is 0.0127. The fourth-order valence-corrected chi connectivity index (χ4v) is 3.85. The van der Waals surface area contributed by atoms with E-state index in [4.69, 9.17) is 0 Å². The van der Waals surface area contributed by atoms with Crippen molar-refractivity contribution in [1.29, 1.82) is 0 Å². The molecule has 2 aromatic heterocycles. The monoisotopic (exact) mass is 360 g/mol. The number of amides is 1. The lowest BCUT2D eigenvalue weighted by Gasteiger charge is -2.38. The van der Waals surface area contributed by atoms with Gasteiger partial charge in [-0.05, 0) is 30.5 Å². The van der Waals surface area contributed by atoms with E-state index in [1.165, 1.54) is 11.6 Å². The first-order chi connectivity index (χ1) is 13.2. The largest absolute Gasteiger partial charge is 0.369 e. The summed E-state index contributed by atoms with van der Waals surface area (Å²) in [4.78, 5) is 24.0. The quantitative estimate of drug-likeness (QED) is 0.719. The number of likely N-dealkylation sites (N-methyl/N-ethyl adjacent to an activating group) is 1. The molecule has 5 nitrogen and oxygen atoms in total. The van der Waals surface area contributed by atoms with Crippen LogP contribution in [0.4, 0.5) is 5.69 Å². The Morgan fingerprint density at radius 2 is 2.19 bits per heavy atom. The van der Waals surface area contributed by atoms with E-state index in [0.717, 1.165) is 48.2 Å². The molecule has 138 valence electrons. The number of piperidine rings is 1. The van der Waals surface area contributed by atoms with Crippen molar-refractivity contribution in [3.05, 3.63) is 61.4 Å². The molecule has 5 heteroatoms. The first-order valence-electron chi connectivity index (χ1n) is 9.34. The summed E-state index contributed by atoms with van der Waals surface area (Å²) in [5, 5.41) is 1.11. The van der Waals surface area contributed by atoms with Gasteiger partial charge in [0.2, 0.25) is 5.91 Å². The van der Waals surface area contributed by atoms with Crippen LogP contribution in [0.3, 0.4) is 0 Å². The Hall–Kier alpha value is -3.08. The third kappa shape index (κ3) is 3.33. The second kappa shape index (κ2) is 7.27. The molecule has 27 heavy (non-hydrogen) atoms. The number of carbonyl (C=O) groups excluding carboxylic acids is 1. The third-order valence-corrected chi connectivity index (χ3v) is 5.44. The molecule has 3 aromatic rings. The number of carbonyl (C=O) groups is 1. The summed E-state index contributed by atoms with van der Waals surface area (Å²) in [5.41, 5.74) is 4.28. The third-order valence-electron chi connectivity index (χ3n) is 5.44. The van der Waals surface area contributed by atoms with Gasteiger partial charge in [0.1, 0.15) is 5.65 Å². The Bertz CT molecular complexity index is 963. The van der Waals surface area contributed by atoms with Crippen molar-refractivity contribution in [2.75, 3.05) is 25.0 Å². The lowest BCUT2D eigenvalue weighted by atomic mass is 10.0. The normalized spacial score (nSPS) is 17.1. The average Bonchev–Trinajstić information content (AvgIpc) is 3.16. The molecule has 1 atom stereocenters. The molecule has 1 aromatic carbocycles. The minimum atomic E-state index is 0.0127. The van der Waals surface area contributed by atoms with Gasteiger partial charge in [-0.25, -0.2) is 4.98 Å². The molecule has 0 bridgehead atoms. The number of hydrogen-bond acceptors (Lipinski definition) is 3. The molecule has 0 spiro atoms. The van der Waals surface area contributed by atoms with Gasteiger partial charge in [-0.15, -0.1) is 0 Å². The predicted octanol–water partition coefficient (Wildman–Crippen LogP) is 3.84. The van der Waals surface area contributed by atoms with Crippen molar-refractivity contribution in [2.24, 2.45) is 0 Å². The van der Waals surface area contributed by atoms with Crippen LogP contribution in [0.2, 0.25) is 0 Å². The topological polar surface area (TPSA) is 52.2 Å². The Labute approximate surface area is 159 Å². The van der Waals surface area contributed by atoms with Crippen molar-refractivity contribution in [2.45, 2.75) is 18.9 Å². The number of fused-ring (bicyclic) bond motifs is 1. The van der Waals surface area contributed by atoms with E-state index in [9.17, 15) is 4.79 Å². The number of aromatic nitrogens is 2. The van der Waals surface area contributed by atoms with E-state index in [-0.39, 0.29) is 11.9 Å². The number of nitrogens with one attached hydrogen (secondary N) is 1. The number of pyridine rings is 1. The summed E-state index contributed by atoms with van der Waals surface area (Å²) in [7, 11) is 2.09. The summed E-state index contributed by atoms with van der Waals surface area (Å²) in [6.45, 7) is 5.14. The minimum Gasteiger partial charge on any atom is -0.369 e. The Morgan fingerprint density at radius 1 is 1.37 bits per heavy atom. The molecule has 1 N–H and O–H groups in total. The van der Waals surface area contributed by atoms with Crippen molar-refractivity contribution in [3.8, 4) is 11.1 Å². The fraction of sp³-hybridized carbons (Fsp3) is 0.273. The van der Waals surface area contributed by atoms with Gasteiger partial charge in [-0.1, -0.05) is 36.9 Å². The highest BCUT2D eigenvalue weighted by atomic mass is 16.2. The van der Waals surface area contributed by atoms with Gasteiger partial charge in [-0.3, -0.25) is 4.79 Å². The van der Waals surface area contributed by atoms with Crippen LogP contribution >= 0.6 is 0 Å². The SMILES string of the molecule is C=CC(=O)N1CCC[C@@H](N(C)c2cnc3[nH]cc(-c4ccccc4)c3c2)C1. The first kappa shape index (κ1) is 17.3.